The number of amides is 1. The molecule has 0 aliphatic carbocycles. The monoisotopic (exact) mass is 293 g/mol. The maximum absolute atomic E-state index is 12.1. The zero-order chi connectivity index (χ0) is 15.3. The third-order valence-electron chi connectivity index (χ3n) is 3.27. The third kappa shape index (κ3) is 4.97. The molecule has 21 heavy (non-hydrogen) atoms. The van der Waals surface area contributed by atoms with E-state index in [1.807, 2.05) is 20.8 Å². The summed E-state index contributed by atoms with van der Waals surface area (Å²) in [6, 6.07) is 1.52. The minimum atomic E-state index is -0.526. The number of carbonyl (C=O) groups excluding carboxylic acids is 1. The average molecular weight is 293 g/mol. The molecule has 2 rings (SSSR count). The van der Waals surface area contributed by atoms with Crippen LogP contribution in [-0.2, 0) is 9.47 Å². The number of carbonyl (C=O) groups is 1. The molecule has 1 atom stereocenters. The predicted octanol–water partition coefficient (Wildman–Crippen LogP) is 2.47. The summed E-state index contributed by atoms with van der Waals surface area (Å²) in [5.74, 6) is 0.879. The normalized spacial score (nSPS) is 18.0. The highest BCUT2D eigenvalue weighted by molar-refractivity contribution is 5.68. The molecule has 1 aromatic rings. The molecule has 0 bridgehead atoms. The molecule has 1 N–H and O–H groups in total. The Bertz CT molecular complexity index is 453. The van der Waals surface area contributed by atoms with Crippen LogP contribution in [0.1, 0.15) is 45.5 Å². The van der Waals surface area contributed by atoms with Crippen LogP contribution in [0.25, 0.3) is 0 Å². The largest absolute Gasteiger partial charge is 0.444 e. The van der Waals surface area contributed by atoms with E-state index in [1.54, 1.807) is 18.5 Å². The first kappa shape index (κ1) is 15.7. The number of hydrogen-bond acceptors (Lipinski definition) is 5. The van der Waals surface area contributed by atoms with E-state index >= 15 is 0 Å². The lowest BCUT2D eigenvalue weighted by molar-refractivity contribution is 0.0339. The highest BCUT2D eigenvalue weighted by Gasteiger charge is 2.30. The van der Waals surface area contributed by atoms with Crippen LogP contribution in [0.2, 0.25) is 0 Å². The van der Waals surface area contributed by atoms with E-state index in [-0.39, 0.29) is 12.0 Å². The Morgan fingerprint density at radius 2 is 1.95 bits per heavy atom. The fourth-order valence-corrected chi connectivity index (χ4v) is 2.35. The first-order valence-electron chi connectivity index (χ1n) is 7.30. The van der Waals surface area contributed by atoms with Crippen molar-refractivity contribution in [2.75, 3.05) is 13.2 Å². The zero-order valence-corrected chi connectivity index (χ0v) is 12.8. The molecule has 1 saturated heterocycles. The molecule has 1 aliphatic heterocycles. The number of rotatable bonds is 3. The number of ether oxygens (including phenoxy) is 2. The molecule has 2 heterocycles. The predicted molar refractivity (Wildman–Crippen MR) is 77.7 cm³/mol. The van der Waals surface area contributed by atoms with Crippen molar-refractivity contribution in [3.63, 3.8) is 0 Å². The van der Waals surface area contributed by atoms with Gasteiger partial charge < -0.3 is 14.8 Å². The molecule has 1 fully saturated rings. The van der Waals surface area contributed by atoms with Gasteiger partial charge in [-0.2, -0.15) is 0 Å². The summed E-state index contributed by atoms with van der Waals surface area (Å²) >= 11 is 0. The van der Waals surface area contributed by atoms with Crippen LogP contribution in [0.4, 0.5) is 4.79 Å². The van der Waals surface area contributed by atoms with Gasteiger partial charge in [0.05, 0.1) is 6.04 Å². The van der Waals surface area contributed by atoms with Crippen molar-refractivity contribution < 1.29 is 14.3 Å². The van der Waals surface area contributed by atoms with Gasteiger partial charge in [-0.25, -0.2) is 14.8 Å². The first-order chi connectivity index (χ1) is 9.96. The zero-order valence-electron chi connectivity index (χ0n) is 12.8. The third-order valence-corrected chi connectivity index (χ3v) is 3.27. The van der Waals surface area contributed by atoms with E-state index in [4.69, 9.17) is 9.47 Å². The molecule has 6 nitrogen and oxygen atoms in total. The lowest BCUT2D eigenvalue weighted by Crippen LogP contribution is -2.40. The second-order valence-corrected chi connectivity index (χ2v) is 6.18. The van der Waals surface area contributed by atoms with Crippen molar-refractivity contribution in [2.45, 2.75) is 45.3 Å². The van der Waals surface area contributed by atoms with Crippen LogP contribution in [-0.4, -0.2) is 34.9 Å². The van der Waals surface area contributed by atoms with Crippen LogP contribution >= 0.6 is 0 Å². The van der Waals surface area contributed by atoms with Gasteiger partial charge in [0, 0.05) is 25.6 Å². The summed E-state index contributed by atoms with van der Waals surface area (Å²) in [5, 5.41) is 2.92. The molecule has 6 heteroatoms. The van der Waals surface area contributed by atoms with Crippen LogP contribution in [0.5, 0.6) is 0 Å². The van der Waals surface area contributed by atoms with Crippen LogP contribution in [0, 0.1) is 5.92 Å². The van der Waals surface area contributed by atoms with Gasteiger partial charge in [0.25, 0.3) is 0 Å². The van der Waals surface area contributed by atoms with E-state index < -0.39 is 11.7 Å². The molecule has 1 amide bonds. The van der Waals surface area contributed by atoms with Crippen molar-refractivity contribution in [1.82, 2.24) is 15.3 Å². The maximum atomic E-state index is 12.1. The fraction of sp³-hybridized carbons (Fsp3) is 0.667. The highest BCUT2D eigenvalue weighted by atomic mass is 16.6. The summed E-state index contributed by atoms with van der Waals surface area (Å²) in [4.78, 5) is 20.6. The van der Waals surface area contributed by atoms with Gasteiger partial charge in [0.2, 0.25) is 0 Å². The fourth-order valence-electron chi connectivity index (χ4n) is 2.35. The quantitative estimate of drug-likeness (QED) is 0.926. The Morgan fingerprint density at radius 3 is 2.52 bits per heavy atom. The number of nitrogens with zero attached hydrogens (tertiary/aromatic N) is 2. The Balaban J connectivity index is 2.10. The van der Waals surface area contributed by atoms with Crippen molar-refractivity contribution in [3.05, 3.63) is 24.3 Å². The second kappa shape index (κ2) is 6.85. The summed E-state index contributed by atoms with van der Waals surface area (Å²) in [7, 11) is 0. The Morgan fingerprint density at radius 1 is 1.33 bits per heavy atom. The van der Waals surface area contributed by atoms with E-state index in [1.165, 1.54) is 0 Å². The summed E-state index contributed by atoms with van der Waals surface area (Å²) in [6.45, 7) is 6.92. The highest BCUT2D eigenvalue weighted by Crippen LogP contribution is 2.28. The molecule has 0 aromatic carbocycles. The smallest absolute Gasteiger partial charge is 0.408 e. The number of aromatic nitrogens is 2. The molecular weight excluding hydrogens is 270 g/mol. The number of nitrogens with one attached hydrogen (secondary N) is 1. The lowest BCUT2D eigenvalue weighted by atomic mass is 9.91. The molecule has 1 unspecified atom stereocenters. The standard InChI is InChI=1S/C15H23N3O3/c1-15(2,3)21-14(19)18-12(11-5-9-20-10-6-11)13-16-7-4-8-17-13/h4,7-8,11-12H,5-6,9-10H2,1-3H3,(H,18,19). The van der Waals surface area contributed by atoms with Gasteiger partial charge in [0.1, 0.15) is 5.60 Å². The first-order valence-corrected chi connectivity index (χ1v) is 7.30. The second-order valence-electron chi connectivity index (χ2n) is 6.18. The molecule has 0 spiro atoms. The average Bonchev–Trinajstić information content (AvgIpc) is 2.45. The maximum Gasteiger partial charge on any atom is 0.408 e. The van der Waals surface area contributed by atoms with Gasteiger partial charge in [-0.1, -0.05) is 0 Å². The molecule has 0 saturated carbocycles. The molecule has 1 aromatic heterocycles. The Kier molecular flexibility index (Phi) is 5.12. The number of hydrogen-bond donors (Lipinski definition) is 1. The summed E-state index contributed by atoms with van der Waals surface area (Å²) in [5.41, 5.74) is -0.526. The van der Waals surface area contributed by atoms with E-state index in [0.29, 0.717) is 19.0 Å². The van der Waals surface area contributed by atoms with E-state index in [2.05, 4.69) is 15.3 Å². The molecule has 116 valence electrons. The Hall–Kier alpha value is -1.69. The van der Waals surface area contributed by atoms with Crippen molar-refractivity contribution in [3.8, 4) is 0 Å². The van der Waals surface area contributed by atoms with E-state index in [9.17, 15) is 4.79 Å². The Labute approximate surface area is 125 Å². The van der Waals surface area contributed by atoms with Gasteiger partial charge in [-0.15, -0.1) is 0 Å². The van der Waals surface area contributed by atoms with Crippen molar-refractivity contribution in [1.29, 1.82) is 0 Å². The minimum absolute atomic E-state index is 0.245. The summed E-state index contributed by atoms with van der Waals surface area (Å²) in [6.07, 6.45) is 4.68. The SMILES string of the molecule is CC(C)(C)OC(=O)NC(c1ncccn1)C1CCOCC1. The van der Waals surface area contributed by atoms with Crippen molar-refractivity contribution >= 4 is 6.09 Å². The lowest BCUT2D eigenvalue weighted by Gasteiger charge is -2.30. The van der Waals surface area contributed by atoms with Gasteiger partial charge >= 0.3 is 6.09 Å². The van der Waals surface area contributed by atoms with Crippen molar-refractivity contribution in [2.24, 2.45) is 5.92 Å². The van der Waals surface area contributed by atoms with Crippen LogP contribution in [0.15, 0.2) is 18.5 Å². The molecule has 1 aliphatic rings. The number of alkyl carbamates (subject to hydrolysis) is 1. The van der Waals surface area contributed by atoms with Crippen LogP contribution in [0.3, 0.4) is 0 Å². The summed E-state index contributed by atoms with van der Waals surface area (Å²) < 4.78 is 10.7. The van der Waals surface area contributed by atoms with Gasteiger partial charge in [-0.3, -0.25) is 0 Å². The molecule has 0 radical (unpaired) electrons. The van der Waals surface area contributed by atoms with Gasteiger partial charge in [0.15, 0.2) is 5.82 Å². The topological polar surface area (TPSA) is 73.3 Å². The van der Waals surface area contributed by atoms with Gasteiger partial charge in [-0.05, 0) is 45.6 Å². The molecular formula is C15H23N3O3. The van der Waals surface area contributed by atoms with Crippen LogP contribution < -0.4 is 5.32 Å². The van der Waals surface area contributed by atoms with E-state index in [0.717, 1.165) is 12.8 Å². The minimum Gasteiger partial charge on any atom is -0.444 e.